The Morgan fingerprint density at radius 2 is 1.65 bits per heavy atom. The van der Waals surface area contributed by atoms with Gasteiger partial charge in [0.25, 0.3) is 5.91 Å². The second-order valence-electron chi connectivity index (χ2n) is 17.6. The highest BCUT2D eigenvalue weighted by atomic mass is 19.1. The molecule has 62 heavy (non-hydrogen) atoms. The molecule has 3 aromatic heterocycles. The Morgan fingerprint density at radius 1 is 0.919 bits per heavy atom. The van der Waals surface area contributed by atoms with Gasteiger partial charge in [0.05, 0.1) is 40.4 Å². The van der Waals surface area contributed by atoms with E-state index >= 15 is 8.78 Å². The van der Waals surface area contributed by atoms with E-state index in [2.05, 4.69) is 26.7 Å². The number of amides is 5. The molecule has 322 valence electrons. The Kier molecular flexibility index (Phi) is 10.8. The molecule has 0 spiro atoms. The Hall–Kier alpha value is -6.25. The van der Waals surface area contributed by atoms with Gasteiger partial charge in [0, 0.05) is 86.0 Å². The molecule has 4 fully saturated rings. The molecule has 1 saturated carbocycles. The van der Waals surface area contributed by atoms with Crippen molar-refractivity contribution in [3.05, 3.63) is 94.4 Å². The Bertz CT molecular complexity index is 2630. The fourth-order valence-electron chi connectivity index (χ4n) is 9.82. The number of benzene rings is 2. The minimum Gasteiger partial charge on any atom is -0.386 e. The molecule has 0 unspecified atom stereocenters. The number of urea groups is 1. The summed E-state index contributed by atoms with van der Waals surface area (Å²) in [5, 5.41) is 35.5. The maximum Gasteiger partial charge on any atom is 0.320 e. The van der Waals surface area contributed by atoms with Crippen LogP contribution in [-0.4, -0.2) is 108 Å². The lowest BCUT2D eigenvalue weighted by molar-refractivity contribution is -0.134. The van der Waals surface area contributed by atoms with Gasteiger partial charge in [0.15, 0.2) is 0 Å². The first-order valence-electron chi connectivity index (χ1n) is 21.3. The Labute approximate surface area is 356 Å². The smallest absolute Gasteiger partial charge is 0.320 e. The number of halogens is 2. The number of imide groups is 1. The summed E-state index contributed by atoms with van der Waals surface area (Å²) in [6.07, 6.45) is 7.86. The van der Waals surface area contributed by atoms with Gasteiger partial charge in [-0.25, -0.2) is 18.1 Å². The second-order valence-corrected chi connectivity index (χ2v) is 17.6. The predicted molar refractivity (Wildman–Crippen MR) is 223 cm³/mol. The summed E-state index contributed by atoms with van der Waals surface area (Å²) in [5.74, 6) is -4.44. The normalized spacial score (nSPS) is 22.6. The second kappa shape index (κ2) is 16.2. The SMILES string of the molecule is CC(C)(O)c1cc2nn(C3CCC(N4CCN(C(=O)N5CC[C@@H](c6cc(F)c([C@H]7CCC(=O)NC7=O)c(F)c6)C5)CC4)CC3)cc2cc1NC(=O)c1ccc2cc(C#N)cnn12. The molecule has 3 N–H and O–H groups in total. The molecule has 17 heteroatoms. The van der Waals surface area contributed by atoms with Crippen LogP contribution >= 0.6 is 0 Å². The quantitative estimate of drug-likeness (QED) is 0.177. The third-order valence-corrected chi connectivity index (χ3v) is 13.2. The van der Waals surface area contributed by atoms with Crippen molar-refractivity contribution in [2.45, 2.75) is 88.3 Å². The Morgan fingerprint density at radius 3 is 2.34 bits per heavy atom. The van der Waals surface area contributed by atoms with Gasteiger partial charge in [0.2, 0.25) is 11.8 Å². The van der Waals surface area contributed by atoms with Gasteiger partial charge in [-0.15, -0.1) is 0 Å². The number of piperazine rings is 1. The number of hydrogen-bond donors (Lipinski definition) is 3. The summed E-state index contributed by atoms with van der Waals surface area (Å²) in [6.45, 7) is 6.87. The van der Waals surface area contributed by atoms with Crippen LogP contribution in [0.4, 0.5) is 19.3 Å². The topological polar surface area (TPSA) is 181 Å². The molecule has 5 aromatic rings. The van der Waals surface area contributed by atoms with E-state index in [-0.39, 0.29) is 36.4 Å². The zero-order chi connectivity index (χ0) is 43.4. The van der Waals surface area contributed by atoms with Crippen LogP contribution in [0.2, 0.25) is 0 Å². The molecule has 4 aliphatic rings. The summed E-state index contributed by atoms with van der Waals surface area (Å²) in [5.41, 5.74) is 1.87. The van der Waals surface area contributed by atoms with E-state index in [1.807, 2.05) is 27.9 Å². The predicted octanol–water partition coefficient (Wildman–Crippen LogP) is 5.54. The molecule has 6 heterocycles. The number of anilines is 1. The van der Waals surface area contributed by atoms with Gasteiger partial charge in [-0.1, -0.05) is 0 Å². The van der Waals surface area contributed by atoms with E-state index in [9.17, 15) is 29.5 Å². The van der Waals surface area contributed by atoms with Gasteiger partial charge < -0.3 is 20.2 Å². The number of aromatic nitrogens is 4. The number of rotatable bonds is 7. The summed E-state index contributed by atoms with van der Waals surface area (Å²) >= 11 is 0. The van der Waals surface area contributed by atoms with Crippen molar-refractivity contribution in [1.82, 2.24) is 39.4 Å². The fourth-order valence-corrected chi connectivity index (χ4v) is 9.82. The van der Waals surface area contributed by atoms with Crippen molar-refractivity contribution >= 4 is 45.9 Å². The van der Waals surface area contributed by atoms with Crippen LogP contribution in [0.5, 0.6) is 0 Å². The standard InChI is InChI=1S/C45H48F2N10O5/c1-45(2,62)34-21-37-29(20-38(34)50-43(60)39-9-7-32-17-26(22-48)23-49-57(32)39)25-56(52-37)31-5-3-30(4-6-31)53-13-15-54(16-14-53)44(61)55-12-11-27(24-55)28-18-35(46)41(36(47)19-28)33-8-10-40(58)51-42(33)59/h7,9,17-21,23,25,27,30-31,33,62H,3-6,8,10-16,24H2,1-2H3,(H,50,60)(H,51,58,59)/t27-,30?,31?,33-/m1/s1. The van der Waals surface area contributed by atoms with Crippen LogP contribution in [0.25, 0.3) is 16.4 Å². The van der Waals surface area contributed by atoms with Crippen LogP contribution in [0, 0.1) is 23.0 Å². The lowest BCUT2D eigenvalue weighted by atomic mass is 9.87. The number of carbonyl (C=O) groups excluding carboxylic acids is 4. The molecule has 3 aliphatic heterocycles. The average Bonchev–Trinajstić information content (AvgIpc) is 4.02. The van der Waals surface area contributed by atoms with E-state index in [1.165, 1.54) is 22.8 Å². The number of carbonyl (C=O) groups is 4. The van der Waals surface area contributed by atoms with Crippen molar-refractivity contribution in [3.63, 3.8) is 0 Å². The van der Waals surface area contributed by atoms with Crippen LogP contribution in [0.15, 0.2) is 54.9 Å². The maximum absolute atomic E-state index is 15.3. The van der Waals surface area contributed by atoms with Gasteiger partial charge >= 0.3 is 6.03 Å². The van der Waals surface area contributed by atoms with Gasteiger partial charge in [-0.05, 0) is 100 Å². The first kappa shape index (κ1) is 41.1. The highest BCUT2D eigenvalue weighted by molar-refractivity contribution is 6.05. The number of nitrogens with zero attached hydrogens (tertiary/aromatic N) is 8. The number of fused-ring (bicyclic) bond motifs is 2. The van der Waals surface area contributed by atoms with Crippen LogP contribution in [0.3, 0.4) is 0 Å². The van der Waals surface area contributed by atoms with E-state index in [0.29, 0.717) is 77.7 Å². The summed E-state index contributed by atoms with van der Waals surface area (Å²) in [6, 6.07) is 13.8. The van der Waals surface area contributed by atoms with E-state index < -0.39 is 40.9 Å². The van der Waals surface area contributed by atoms with Crippen LogP contribution < -0.4 is 10.6 Å². The molecule has 2 atom stereocenters. The Balaban J connectivity index is 0.787. The molecule has 1 aliphatic carbocycles. The van der Waals surface area contributed by atoms with Crippen molar-refractivity contribution in [2.24, 2.45) is 0 Å². The molecule has 9 rings (SSSR count). The van der Waals surface area contributed by atoms with Crippen molar-refractivity contribution in [1.29, 1.82) is 5.26 Å². The summed E-state index contributed by atoms with van der Waals surface area (Å²) in [7, 11) is 0. The van der Waals surface area contributed by atoms with Gasteiger partial charge in [-0.2, -0.15) is 15.5 Å². The first-order valence-corrected chi connectivity index (χ1v) is 21.3. The summed E-state index contributed by atoms with van der Waals surface area (Å²) < 4.78 is 34.0. The van der Waals surface area contributed by atoms with Gasteiger partial charge in [-0.3, -0.25) is 29.3 Å². The number of hydrogen-bond acceptors (Lipinski definition) is 9. The number of nitrogens with one attached hydrogen (secondary N) is 2. The largest absolute Gasteiger partial charge is 0.386 e. The van der Waals surface area contributed by atoms with E-state index in [4.69, 9.17) is 5.10 Å². The van der Waals surface area contributed by atoms with Crippen molar-refractivity contribution in [2.75, 3.05) is 44.6 Å². The third-order valence-electron chi connectivity index (χ3n) is 13.2. The highest BCUT2D eigenvalue weighted by Gasteiger charge is 2.37. The number of aliphatic hydroxyl groups is 1. The molecule has 3 saturated heterocycles. The minimum atomic E-state index is -1.28. The average molecular weight is 847 g/mol. The number of nitriles is 1. The molecule has 0 bridgehead atoms. The van der Waals surface area contributed by atoms with Crippen molar-refractivity contribution < 1.29 is 33.1 Å². The van der Waals surface area contributed by atoms with Crippen molar-refractivity contribution in [3.8, 4) is 6.07 Å². The number of likely N-dealkylation sites (tertiary alicyclic amines) is 1. The summed E-state index contributed by atoms with van der Waals surface area (Å²) in [4.78, 5) is 57.1. The zero-order valence-electron chi connectivity index (χ0n) is 34.6. The van der Waals surface area contributed by atoms with Crippen LogP contribution in [-0.2, 0) is 15.2 Å². The molecule has 5 amide bonds. The maximum atomic E-state index is 15.3. The van der Waals surface area contributed by atoms with E-state index in [1.54, 1.807) is 36.9 Å². The highest BCUT2D eigenvalue weighted by Crippen LogP contribution is 2.37. The molecule has 2 aromatic carbocycles. The number of piperidine rings is 1. The van der Waals surface area contributed by atoms with Gasteiger partial charge in [0.1, 0.15) is 23.4 Å². The van der Waals surface area contributed by atoms with E-state index in [0.717, 1.165) is 44.2 Å². The monoisotopic (exact) mass is 846 g/mol. The lowest BCUT2D eigenvalue weighted by Crippen LogP contribution is -2.55. The molecule has 15 nitrogen and oxygen atoms in total. The molecular formula is C45H48F2N10O5. The minimum absolute atomic E-state index is 0.0251. The lowest BCUT2D eigenvalue weighted by Gasteiger charge is -2.42. The molecule has 0 radical (unpaired) electrons. The van der Waals surface area contributed by atoms with Crippen LogP contribution in [0.1, 0.15) is 109 Å². The molecular weight excluding hydrogens is 799 g/mol. The first-order chi connectivity index (χ1) is 29.7. The zero-order valence-corrected chi connectivity index (χ0v) is 34.6. The fraction of sp³-hybridized carbons (Fsp3) is 0.444. The third kappa shape index (κ3) is 7.88.